The Kier molecular flexibility index (Phi) is 6.29. The van der Waals surface area contributed by atoms with E-state index >= 15 is 0 Å². The predicted molar refractivity (Wildman–Crippen MR) is 49.5 cm³/mol. The van der Waals surface area contributed by atoms with Gasteiger partial charge in [-0.05, 0) is 32.8 Å². The first-order chi connectivity index (χ1) is 5.70. The van der Waals surface area contributed by atoms with Crippen LogP contribution < -0.4 is 0 Å². The van der Waals surface area contributed by atoms with Crippen LogP contribution in [0.2, 0.25) is 0 Å². The maximum atomic E-state index is 9.91. The number of rotatable bonds is 5. The van der Waals surface area contributed by atoms with Gasteiger partial charge in [-0.1, -0.05) is 17.2 Å². The second kappa shape index (κ2) is 6.80. The zero-order chi connectivity index (χ0) is 9.40. The summed E-state index contributed by atoms with van der Waals surface area (Å²) < 4.78 is 0. The molecule has 2 nitrogen and oxygen atoms in total. The van der Waals surface area contributed by atoms with E-state index in [9.17, 15) is 4.79 Å². The fourth-order valence-electron chi connectivity index (χ4n) is 0.784. The van der Waals surface area contributed by atoms with Gasteiger partial charge in [0.25, 0.3) is 0 Å². The molecule has 0 aliphatic heterocycles. The molecule has 12 heavy (non-hydrogen) atoms. The zero-order valence-electron chi connectivity index (χ0n) is 7.63. The molecule has 1 N–H and O–H groups in total. The summed E-state index contributed by atoms with van der Waals surface area (Å²) in [5, 5.41) is 8.66. The van der Waals surface area contributed by atoms with Gasteiger partial charge in [0.1, 0.15) is 0 Å². The number of carbonyl (C=O) groups excluding carboxylic acids is 1. The average Bonchev–Trinajstić information content (AvgIpc) is 2.04. The number of allylic oxidation sites excluding steroid dienone is 3. The first kappa shape index (κ1) is 11.1. The van der Waals surface area contributed by atoms with E-state index in [1.165, 1.54) is 6.08 Å². The van der Waals surface area contributed by atoms with Crippen molar-refractivity contribution in [2.24, 2.45) is 0 Å². The summed E-state index contributed by atoms with van der Waals surface area (Å²) in [6, 6.07) is 0. The summed E-state index contributed by atoms with van der Waals surface area (Å²) in [5.41, 5.74) is 1.99. The van der Waals surface area contributed by atoms with E-state index in [2.05, 4.69) is 0 Å². The van der Waals surface area contributed by atoms with E-state index in [0.29, 0.717) is 0 Å². The number of hydrogen-bond acceptors (Lipinski definition) is 2. The molecule has 0 saturated heterocycles. The first-order valence-electron chi connectivity index (χ1n) is 4.00. The Morgan fingerprint density at radius 2 is 2.08 bits per heavy atom. The number of aliphatic hydroxyl groups is 1. The third-order valence-corrected chi connectivity index (χ3v) is 1.59. The molecular weight excluding hydrogens is 152 g/mol. The van der Waals surface area contributed by atoms with Crippen molar-refractivity contribution < 1.29 is 9.90 Å². The van der Waals surface area contributed by atoms with Gasteiger partial charge in [-0.25, -0.2) is 0 Å². The van der Waals surface area contributed by atoms with Gasteiger partial charge in [0.05, 0.1) is 6.61 Å². The Hall–Kier alpha value is -0.890. The van der Waals surface area contributed by atoms with Gasteiger partial charge >= 0.3 is 0 Å². The smallest absolute Gasteiger partial charge is 0.225 e. The van der Waals surface area contributed by atoms with Crippen LogP contribution >= 0.6 is 0 Å². The third-order valence-electron chi connectivity index (χ3n) is 1.59. The van der Waals surface area contributed by atoms with Crippen molar-refractivity contribution in [3.63, 3.8) is 0 Å². The minimum atomic E-state index is 0.114. The highest BCUT2D eigenvalue weighted by Gasteiger charge is 1.89. The monoisotopic (exact) mass is 167 g/mol. The molecule has 0 aromatic carbocycles. The second-order valence-electron chi connectivity index (χ2n) is 2.86. The molecule has 1 radical (unpaired) electrons. The van der Waals surface area contributed by atoms with E-state index in [0.717, 1.165) is 24.0 Å². The van der Waals surface area contributed by atoms with Crippen LogP contribution in [0, 0.1) is 0 Å². The minimum Gasteiger partial charge on any atom is -0.392 e. The summed E-state index contributed by atoms with van der Waals surface area (Å²) in [4.78, 5) is 9.91. The molecular formula is C10H15O2. The largest absolute Gasteiger partial charge is 0.392 e. The standard InChI is InChI=1S/C10H15O2/c1-9(6-7-11)4-3-5-10(2)8-12/h5-6,12H,3-4,8H2,1-2H3/b9-6+,10-5+. The summed E-state index contributed by atoms with van der Waals surface area (Å²) in [6.45, 7) is 3.89. The van der Waals surface area contributed by atoms with Gasteiger partial charge in [0, 0.05) is 0 Å². The fraction of sp³-hybridized carbons (Fsp3) is 0.500. The summed E-state index contributed by atoms with van der Waals surface area (Å²) in [7, 11) is 0. The first-order valence-corrected chi connectivity index (χ1v) is 4.00. The van der Waals surface area contributed by atoms with Gasteiger partial charge in [-0.3, -0.25) is 4.79 Å². The van der Waals surface area contributed by atoms with Crippen molar-refractivity contribution in [3.8, 4) is 0 Å². The van der Waals surface area contributed by atoms with Crippen molar-refractivity contribution in [2.45, 2.75) is 26.7 Å². The summed E-state index contributed by atoms with van der Waals surface area (Å²) >= 11 is 0. The molecule has 0 aliphatic rings. The van der Waals surface area contributed by atoms with Crippen LogP contribution in [0.5, 0.6) is 0 Å². The lowest BCUT2D eigenvalue weighted by molar-refractivity contribution is 0.331. The van der Waals surface area contributed by atoms with Crippen LogP contribution in [0.4, 0.5) is 0 Å². The highest BCUT2D eigenvalue weighted by Crippen LogP contribution is 2.05. The Bertz CT molecular complexity index is 190. The lowest BCUT2D eigenvalue weighted by atomic mass is 10.1. The van der Waals surface area contributed by atoms with Crippen molar-refractivity contribution in [2.75, 3.05) is 6.61 Å². The van der Waals surface area contributed by atoms with Crippen LogP contribution in [0.3, 0.4) is 0 Å². The highest BCUT2D eigenvalue weighted by molar-refractivity contribution is 5.66. The van der Waals surface area contributed by atoms with E-state index in [-0.39, 0.29) is 6.61 Å². The molecule has 0 rings (SSSR count). The molecule has 0 fully saturated rings. The molecule has 0 saturated carbocycles. The van der Waals surface area contributed by atoms with Crippen LogP contribution in [-0.2, 0) is 4.79 Å². The molecule has 0 aromatic heterocycles. The Morgan fingerprint density at radius 1 is 1.42 bits per heavy atom. The fourth-order valence-corrected chi connectivity index (χ4v) is 0.784. The predicted octanol–water partition coefficient (Wildman–Crippen LogP) is 1.76. The molecule has 0 heterocycles. The molecule has 0 bridgehead atoms. The topological polar surface area (TPSA) is 37.3 Å². The van der Waals surface area contributed by atoms with Gasteiger partial charge in [-0.15, -0.1) is 0 Å². The molecule has 0 unspecified atom stereocenters. The number of hydrogen-bond donors (Lipinski definition) is 1. The van der Waals surface area contributed by atoms with Crippen molar-refractivity contribution >= 4 is 6.29 Å². The van der Waals surface area contributed by atoms with Gasteiger partial charge in [-0.2, -0.15) is 0 Å². The normalized spacial score (nSPS) is 13.2. The van der Waals surface area contributed by atoms with E-state index in [1.807, 2.05) is 19.9 Å². The van der Waals surface area contributed by atoms with Crippen LogP contribution in [0.1, 0.15) is 26.7 Å². The quantitative estimate of drug-likeness (QED) is 0.500. The SMILES string of the molecule is C/C(=C\CC/C(C)=C/[C]=O)CO. The van der Waals surface area contributed by atoms with E-state index < -0.39 is 0 Å². The molecule has 67 valence electrons. The minimum absolute atomic E-state index is 0.114. The Morgan fingerprint density at radius 3 is 2.58 bits per heavy atom. The second-order valence-corrected chi connectivity index (χ2v) is 2.86. The third kappa shape index (κ3) is 5.86. The maximum absolute atomic E-state index is 9.91. The van der Waals surface area contributed by atoms with Crippen LogP contribution in [0.15, 0.2) is 23.3 Å². The lowest BCUT2D eigenvalue weighted by Crippen LogP contribution is -1.84. The lowest BCUT2D eigenvalue weighted by Gasteiger charge is -1.96. The van der Waals surface area contributed by atoms with E-state index in [1.54, 1.807) is 6.29 Å². The molecule has 0 atom stereocenters. The van der Waals surface area contributed by atoms with Crippen LogP contribution in [0.25, 0.3) is 0 Å². The maximum Gasteiger partial charge on any atom is 0.225 e. The van der Waals surface area contributed by atoms with Crippen molar-refractivity contribution in [1.29, 1.82) is 0 Å². The van der Waals surface area contributed by atoms with E-state index in [4.69, 9.17) is 5.11 Å². The highest BCUT2D eigenvalue weighted by atomic mass is 16.3. The summed E-state index contributed by atoms with van der Waals surface area (Å²) in [5.74, 6) is 0. The molecule has 0 aromatic rings. The zero-order valence-corrected chi connectivity index (χ0v) is 7.63. The molecule has 0 spiro atoms. The van der Waals surface area contributed by atoms with Gasteiger partial charge < -0.3 is 5.11 Å². The molecule has 0 aliphatic carbocycles. The van der Waals surface area contributed by atoms with Crippen molar-refractivity contribution in [1.82, 2.24) is 0 Å². The van der Waals surface area contributed by atoms with Crippen molar-refractivity contribution in [3.05, 3.63) is 23.3 Å². The average molecular weight is 167 g/mol. The summed E-state index contributed by atoms with van der Waals surface area (Å²) in [6.07, 6.45) is 6.88. The van der Waals surface area contributed by atoms with Crippen LogP contribution in [-0.4, -0.2) is 18.0 Å². The Balaban J connectivity index is 3.69. The molecule has 2 heteroatoms. The molecule has 0 amide bonds. The van der Waals surface area contributed by atoms with Gasteiger partial charge in [0.15, 0.2) is 0 Å². The Labute approximate surface area is 73.6 Å². The van der Waals surface area contributed by atoms with Gasteiger partial charge in [0.2, 0.25) is 6.29 Å². The number of aliphatic hydroxyl groups excluding tert-OH is 1.